The van der Waals surface area contributed by atoms with Crippen LogP contribution >= 0.6 is 0 Å². The third-order valence-electron chi connectivity index (χ3n) is 17.0. The summed E-state index contributed by atoms with van der Waals surface area (Å²) < 4.78 is 88.6. The number of aromatic nitrogens is 6. The first-order valence-electron chi connectivity index (χ1n) is 33.9. The lowest BCUT2D eigenvalue weighted by Gasteiger charge is -2.27. The Morgan fingerprint density at radius 3 is 1.45 bits per heavy atom. The summed E-state index contributed by atoms with van der Waals surface area (Å²) >= 11 is 0. The van der Waals surface area contributed by atoms with E-state index in [1.807, 2.05) is 35.9 Å². The normalized spacial score (nSPS) is 14.8. The standard InChI is InChI=1S/C74H108N8O16/c1-57-19-21-67-65(47-57)73(3,4)69(81(67)23-25-89-35-37-91-31-27-85-9)17-13-15-59(16-14-18-70-74(5,6)66-48-58(2)20-22-68(66)82(70)24-26-90-36-38-92-32-28-86-10)71-61(51-79-53-63(77(7)75-79)55-97-45-43-95-41-39-93-33-29-87-11)49-60(72(83)84)50-62(71)52-80-54-64(78(8)76-80)56-98-46-44-96-42-40-94-34-30-88-12/h13-22,47-50,53-54H,23-46,51-52,55-56H2,1-12H3/q+2/p+1. The molecule has 0 aliphatic carbocycles. The van der Waals surface area contributed by atoms with Crippen LogP contribution in [0.3, 0.4) is 0 Å². The summed E-state index contributed by atoms with van der Waals surface area (Å²) in [4.78, 5) is 15.9. The minimum Gasteiger partial charge on any atom is -0.478 e. The highest BCUT2D eigenvalue weighted by atomic mass is 16.6. The number of carbonyl (C=O) groups is 1. The summed E-state index contributed by atoms with van der Waals surface area (Å²) in [6, 6.07) is 16.8. The zero-order valence-corrected chi connectivity index (χ0v) is 60.2. The molecule has 538 valence electrons. The second kappa shape index (κ2) is 41.8. The molecule has 2 aromatic heterocycles. The van der Waals surface area contributed by atoms with Gasteiger partial charge in [-0.3, -0.25) is 0 Å². The molecule has 0 saturated heterocycles. The van der Waals surface area contributed by atoms with E-state index >= 15 is 0 Å². The van der Waals surface area contributed by atoms with Crippen LogP contribution in [0.4, 0.5) is 11.4 Å². The fourth-order valence-corrected chi connectivity index (χ4v) is 11.8. The van der Waals surface area contributed by atoms with Gasteiger partial charge in [-0.25, -0.2) is 4.79 Å². The number of rotatable bonds is 50. The summed E-state index contributed by atoms with van der Waals surface area (Å²) in [6.07, 6.45) is 16.8. The minimum atomic E-state index is -1.07. The molecule has 0 fully saturated rings. The number of benzene rings is 3. The Hall–Kier alpha value is -6.72. The molecule has 5 aromatic rings. The molecule has 24 heteroatoms. The van der Waals surface area contributed by atoms with Gasteiger partial charge in [-0.15, -0.1) is 18.7 Å². The molecule has 0 saturated carbocycles. The van der Waals surface area contributed by atoms with Gasteiger partial charge in [-0.1, -0.05) is 67.5 Å². The number of fused-ring (bicyclic) bond motifs is 2. The lowest BCUT2D eigenvalue weighted by molar-refractivity contribution is -0.748. The average Bonchev–Trinajstić information content (AvgIpc) is 1.57. The van der Waals surface area contributed by atoms with Crippen LogP contribution in [0, 0.1) is 13.8 Å². The smallest absolute Gasteiger partial charge is 0.335 e. The fraction of sp³-hybridized carbons (Fsp3) is 0.568. The van der Waals surface area contributed by atoms with Crippen LogP contribution < -0.4 is 14.3 Å². The number of carboxylic acid groups (broad SMARTS) is 1. The largest absolute Gasteiger partial charge is 0.478 e. The van der Waals surface area contributed by atoms with Crippen molar-refractivity contribution in [2.75, 3.05) is 192 Å². The molecule has 98 heavy (non-hydrogen) atoms. The molecule has 7 rings (SSSR count). The Morgan fingerprint density at radius 2 is 0.969 bits per heavy atom. The van der Waals surface area contributed by atoms with Gasteiger partial charge in [0.15, 0.2) is 36.0 Å². The molecule has 0 radical (unpaired) electrons. The van der Waals surface area contributed by atoms with E-state index in [-0.39, 0.29) is 31.9 Å². The third kappa shape index (κ3) is 23.7. The zero-order valence-electron chi connectivity index (χ0n) is 60.2. The van der Waals surface area contributed by atoms with E-state index in [0.29, 0.717) is 170 Å². The molecule has 0 bridgehead atoms. The van der Waals surface area contributed by atoms with Gasteiger partial charge in [0, 0.05) is 80.6 Å². The van der Waals surface area contributed by atoms with E-state index in [2.05, 4.69) is 124 Å². The zero-order chi connectivity index (χ0) is 70.1. The van der Waals surface area contributed by atoms with E-state index in [1.54, 1.807) is 49.9 Å². The molecule has 0 atom stereocenters. The van der Waals surface area contributed by atoms with E-state index in [9.17, 15) is 9.90 Å². The summed E-state index contributed by atoms with van der Waals surface area (Å²) in [6.45, 7) is 25.7. The van der Waals surface area contributed by atoms with Gasteiger partial charge in [0.2, 0.25) is 5.69 Å². The van der Waals surface area contributed by atoms with Gasteiger partial charge in [-0.05, 0) is 74.7 Å². The van der Waals surface area contributed by atoms with Crippen molar-refractivity contribution in [3.05, 3.63) is 159 Å². The van der Waals surface area contributed by atoms with Crippen LogP contribution in [0.15, 0.2) is 103 Å². The maximum atomic E-state index is 13.5. The summed E-state index contributed by atoms with van der Waals surface area (Å²) in [7, 11) is 10.3. The lowest BCUT2D eigenvalue weighted by Crippen LogP contribution is -2.39. The number of aryl methyl sites for hydroxylation is 4. The Kier molecular flexibility index (Phi) is 33.5. The van der Waals surface area contributed by atoms with Crippen LogP contribution in [0.5, 0.6) is 0 Å². The summed E-state index contributed by atoms with van der Waals surface area (Å²) in [5.41, 5.74) is 13.2. The summed E-state index contributed by atoms with van der Waals surface area (Å²) in [5.74, 6) is -1.07. The van der Waals surface area contributed by atoms with Gasteiger partial charge in [0.1, 0.15) is 47.0 Å². The maximum absolute atomic E-state index is 13.5. The van der Waals surface area contributed by atoms with Gasteiger partial charge in [0.05, 0.1) is 160 Å². The molecule has 1 N–H and O–H groups in total. The SMILES string of the molecule is COCCOCCOCCOCc1c[n+](Cc2cc(C(=O)O)cc(C[n+]3cc(COCCOCCOCCOC)n(C)n3)c2C(=C\C=C\C2=[N+](CCOCCOCCOC)c3ccc(C)cc3C2(C)C)/C=C/C=C2/N(CCOCCOCCOC)c3ccc(C)cc3C2(C)C)nn1C. The van der Waals surface area contributed by atoms with Crippen molar-refractivity contribution >= 4 is 28.6 Å². The first-order chi connectivity index (χ1) is 47.5. The molecule has 24 nitrogen and oxygen atoms in total. The number of methoxy groups -OCH3 is 4. The third-order valence-corrected chi connectivity index (χ3v) is 17.0. The summed E-state index contributed by atoms with van der Waals surface area (Å²) in [5, 5.41) is 20.9. The fourth-order valence-electron chi connectivity index (χ4n) is 11.8. The number of allylic oxidation sites excluding steroid dienone is 8. The van der Waals surface area contributed by atoms with Crippen molar-refractivity contribution in [1.82, 2.24) is 19.8 Å². The topological polar surface area (TPSA) is 216 Å². The second-order valence-electron chi connectivity index (χ2n) is 25.0. The Labute approximate surface area is 579 Å². The monoisotopic (exact) mass is 1370 g/mol. The molecular formula is C74H109N8O16+3. The Balaban J connectivity index is 1.33. The van der Waals surface area contributed by atoms with Crippen LogP contribution in [0.25, 0.3) is 5.57 Å². The number of carboxylic acids is 1. The van der Waals surface area contributed by atoms with Crippen molar-refractivity contribution in [3.63, 3.8) is 0 Å². The first-order valence-corrected chi connectivity index (χ1v) is 33.9. The average molecular weight is 1370 g/mol. The Bertz CT molecular complexity index is 3330. The van der Waals surface area contributed by atoms with Crippen LogP contribution in [0.1, 0.15) is 88.4 Å². The van der Waals surface area contributed by atoms with Crippen molar-refractivity contribution < 1.29 is 90.2 Å². The number of anilines is 1. The van der Waals surface area contributed by atoms with Gasteiger partial charge in [-0.2, -0.15) is 4.58 Å². The number of ether oxygens (including phenoxy) is 14. The molecule has 2 aliphatic heterocycles. The van der Waals surface area contributed by atoms with E-state index < -0.39 is 16.8 Å². The number of hydrogen-bond acceptors (Lipinski definition) is 18. The highest BCUT2D eigenvalue weighted by molar-refractivity contribution is 6.03. The second-order valence-corrected chi connectivity index (χ2v) is 25.0. The molecular weight excluding hydrogens is 1260 g/mol. The van der Waals surface area contributed by atoms with E-state index in [0.717, 1.165) is 45.3 Å². The van der Waals surface area contributed by atoms with Crippen molar-refractivity contribution in [2.45, 2.75) is 78.7 Å². The molecule has 0 spiro atoms. The minimum absolute atomic E-state index is 0.115. The van der Waals surface area contributed by atoms with Crippen LogP contribution in [0.2, 0.25) is 0 Å². The van der Waals surface area contributed by atoms with E-state index in [1.165, 1.54) is 22.3 Å². The number of aromatic carboxylic acids is 1. The van der Waals surface area contributed by atoms with Gasteiger partial charge < -0.3 is 76.3 Å². The van der Waals surface area contributed by atoms with Crippen LogP contribution in [-0.2, 0) is 118 Å². The van der Waals surface area contributed by atoms with Crippen molar-refractivity contribution in [2.24, 2.45) is 14.1 Å². The molecule has 0 amide bonds. The predicted molar refractivity (Wildman–Crippen MR) is 372 cm³/mol. The highest BCUT2D eigenvalue weighted by Crippen LogP contribution is 2.48. The number of hydrogen-bond donors (Lipinski definition) is 1. The highest BCUT2D eigenvalue weighted by Gasteiger charge is 2.44. The van der Waals surface area contributed by atoms with Gasteiger partial charge in [0.25, 0.3) is 0 Å². The predicted octanol–water partition coefficient (Wildman–Crippen LogP) is 7.15. The molecule has 2 aliphatic rings. The van der Waals surface area contributed by atoms with Gasteiger partial charge >= 0.3 is 5.97 Å². The maximum Gasteiger partial charge on any atom is 0.335 e. The molecule has 3 aromatic carbocycles. The van der Waals surface area contributed by atoms with Crippen LogP contribution in [-0.4, -0.2) is 228 Å². The quantitative estimate of drug-likeness (QED) is 0.0232. The van der Waals surface area contributed by atoms with E-state index in [4.69, 9.17) is 76.7 Å². The Morgan fingerprint density at radius 1 is 0.531 bits per heavy atom. The van der Waals surface area contributed by atoms with Crippen molar-refractivity contribution in [3.8, 4) is 0 Å². The molecule has 0 unspecified atom stereocenters. The molecule has 4 heterocycles. The number of nitrogens with zero attached hydrogens (tertiary/aromatic N) is 8. The first kappa shape index (κ1) is 78.6. The lowest BCUT2D eigenvalue weighted by atomic mass is 9.81. The van der Waals surface area contributed by atoms with Crippen molar-refractivity contribution in [1.29, 1.82) is 0 Å².